The first kappa shape index (κ1) is 9.29. The van der Waals surface area contributed by atoms with Crippen LogP contribution in [0.2, 0.25) is 10.2 Å². The number of aromatic nitrogens is 1. The van der Waals surface area contributed by atoms with E-state index < -0.39 is 0 Å². The molecule has 0 amide bonds. The Labute approximate surface area is 79.3 Å². The molecule has 0 fully saturated rings. The summed E-state index contributed by atoms with van der Waals surface area (Å²) in [5.41, 5.74) is 0.221. The van der Waals surface area contributed by atoms with Gasteiger partial charge in [0, 0.05) is 6.20 Å². The number of methoxy groups -OCH3 is 1. The van der Waals surface area contributed by atoms with Crippen LogP contribution in [0.5, 0.6) is 5.75 Å². The van der Waals surface area contributed by atoms with Crippen LogP contribution in [0.3, 0.4) is 0 Å². The van der Waals surface area contributed by atoms with Gasteiger partial charge in [-0.25, -0.2) is 4.98 Å². The van der Waals surface area contributed by atoms with Crippen molar-refractivity contribution in [3.8, 4) is 5.75 Å². The van der Waals surface area contributed by atoms with E-state index in [1.807, 2.05) is 0 Å². The third-order valence-electron chi connectivity index (χ3n) is 1.30. The molecular formula is C7H5Cl2NO2. The monoisotopic (exact) mass is 205 g/mol. The minimum atomic E-state index is 0.129. The first-order chi connectivity index (χ1) is 5.70. The number of hydrogen-bond acceptors (Lipinski definition) is 3. The molecule has 0 saturated heterocycles. The third kappa shape index (κ3) is 1.52. The molecule has 1 rings (SSSR count). The zero-order chi connectivity index (χ0) is 9.14. The first-order valence-electron chi connectivity index (χ1n) is 3.04. The average molecular weight is 206 g/mol. The van der Waals surface area contributed by atoms with Gasteiger partial charge in [-0.3, -0.25) is 4.79 Å². The maximum Gasteiger partial charge on any atom is 0.171 e. The molecule has 0 N–H and O–H groups in total. The highest BCUT2D eigenvalue weighted by atomic mass is 35.5. The van der Waals surface area contributed by atoms with Crippen LogP contribution in [0.25, 0.3) is 0 Å². The van der Waals surface area contributed by atoms with Crippen LogP contribution >= 0.6 is 23.2 Å². The molecule has 0 radical (unpaired) electrons. The second-order valence-corrected chi connectivity index (χ2v) is 2.73. The van der Waals surface area contributed by atoms with Gasteiger partial charge in [0.05, 0.1) is 17.7 Å². The summed E-state index contributed by atoms with van der Waals surface area (Å²) in [6, 6.07) is 0. The number of carbonyl (C=O) groups is 1. The molecule has 0 atom stereocenters. The highest BCUT2D eigenvalue weighted by Crippen LogP contribution is 2.29. The summed E-state index contributed by atoms with van der Waals surface area (Å²) in [6.45, 7) is 0. The second kappa shape index (κ2) is 3.74. The lowest BCUT2D eigenvalue weighted by Crippen LogP contribution is -1.94. The smallest absolute Gasteiger partial charge is 0.171 e. The van der Waals surface area contributed by atoms with Gasteiger partial charge in [0.2, 0.25) is 0 Å². The number of ether oxygens (including phenoxy) is 1. The highest BCUT2D eigenvalue weighted by molar-refractivity contribution is 6.35. The Morgan fingerprint density at radius 3 is 2.67 bits per heavy atom. The molecule has 0 aliphatic heterocycles. The van der Waals surface area contributed by atoms with Crippen molar-refractivity contribution in [2.45, 2.75) is 0 Å². The predicted molar refractivity (Wildman–Crippen MR) is 46.2 cm³/mol. The SMILES string of the molecule is COc1c(Cl)ncc(Cl)c1C=O. The van der Waals surface area contributed by atoms with Crippen molar-refractivity contribution in [2.24, 2.45) is 0 Å². The Kier molecular flexibility index (Phi) is 2.89. The Morgan fingerprint density at radius 2 is 2.25 bits per heavy atom. The van der Waals surface area contributed by atoms with Crippen molar-refractivity contribution in [3.63, 3.8) is 0 Å². The third-order valence-corrected chi connectivity index (χ3v) is 1.87. The molecule has 12 heavy (non-hydrogen) atoms. The molecule has 1 aromatic rings. The number of hydrogen-bond donors (Lipinski definition) is 0. The molecule has 0 aromatic carbocycles. The number of rotatable bonds is 2. The van der Waals surface area contributed by atoms with E-state index in [2.05, 4.69) is 4.98 Å². The van der Waals surface area contributed by atoms with Gasteiger partial charge in [-0.2, -0.15) is 0 Å². The molecule has 0 saturated carbocycles. The van der Waals surface area contributed by atoms with Gasteiger partial charge >= 0.3 is 0 Å². The molecule has 0 aliphatic rings. The van der Waals surface area contributed by atoms with Crippen molar-refractivity contribution in [2.75, 3.05) is 7.11 Å². The normalized spacial score (nSPS) is 9.58. The van der Waals surface area contributed by atoms with Crippen molar-refractivity contribution in [1.29, 1.82) is 0 Å². The Morgan fingerprint density at radius 1 is 1.58 bits per heavy atom. The zero-order valence-electron chi connectivity index (χ0n) is 6.17. The summed E-state index contributed by atoms with van der Waals surface area (Å²) in [5.74, 6) is 0.208. The number of carbonyl (C=O) groups excluding carboxylic acids is 1. The maximum atomic E-state index is 10.5. The molecule has 1 aromatic heterocycles. The van der Waals surface area contributed by atoms with Gasteiger partial charge in [-0.05, 0) is 0 Å². The van der Waals surface area contributed by atoms with E-state index in [4.69, 9.17) is 27.9 Å². The average Bonchev–Trinajstić information content (AvgIpc) is 2.08. The van der Waals surface area contributed by atoms with Gasteiger partial charge in [0.15, 0.2) is 17.2 Å². The summed E-state index contributed by atoms with van der Waals surface area (Å²) in [4.78, 5) is 14.2. The van der Waals surface area contributed by atoms with E-state index >= 15 is 0 Å². The predicted octanol–water partition coefficient (Wildman–Crippen LogP) is 2.21. The molecule has 64 valence electrons. The van der Waals surface area contributed by atoms with Gasteiger partial charge in [0.1, 0.15) is 0 Å². The first-order valence-corrected chi connectivity index (χ1v) is 3.79. The van der Waals surface area contributed by atoms with Crippen LogP contribution in [0.1, 0.15) is 10.4 Å². The van der Waals surface area contributed by atoms with Crippen molar-refractivity contribution in [1.82, 2.24) is 4.98 Å². The largest absolute Gasteiger partial charge is 0.493 e. The van der Waals surface area contributed by atoms with Crippen molar-refractivity contribution < 1.29 is 9.53 Å². The number of halogens is 2. The van der Waals surface area contributed by atoms with E-state index in [0.717, 1.165) is 0 Å². The van der Waals surface area contributed by atoms with E-state index in [1.54, 1.807) is 0 Å². The number of pyridine rings is 1. The van der Waals surface area contributed by atoms with Crippen LogP contribution in [-0.4, -0.2) is 18.4 Å². The lowest BCUT2D eigenvalue weighted by Gasteiger charge is -2.05. The summed E-state index contributed by atoms with van der Waals surface area (Å²) >= 11 is 11.3. The minimum Gasteiger partial charge on any atom is -0.493 e. The van der Waals surface area contributed by atoms with Crippen molar-refractivity contribution >= 4 is 29.5 Å². The topological polar surface area (TPSA) is 39.2 Å². The van der Waals surface area contributed by atoms with E-state index in [-0.39, 0.29) is 21.5 Å². The fourth-order valence-corrected chi connectivity index (χ4v) is 1.17. The summed E-state index contributed by atoms with van der Waals surface area (Å²) in [7, 11) is 1.40. The summed E-state index contributed by atoms with van der Waals surface area (Å²) in [6.07, 6.45) is 1.88. The summed E-state index contributed by atoms with van der Waals surface area (Å²) in [5, 5.41) is 0.357. The van der Waals surface area contributed by atoms with E-state index in [9.17, 15) is 4.79 Å². The standard InChI is InChI=1S/C7H5Cl2NO2/c1-12-6-4(3-11)5(8)2-10-7(6)9/h2-3H,1H3. The van der Waals surface area contributed by atoms with E-state index in [1.165, 1.54) is 13.3 Å². The molecule has 0 bridgehead atoms. The molecule has 5 heteroatoms. The van der Waals surface area contributed by atoms with Crippen molar-refractivity contribution in [3.05, 3.63) is 21.9 Å². The zero-order valence-corrected chi connectivity index (χ0v) is 7.69. The Hall–Kier alpha value is -0.800. The van der Waals surface area contributed by atoms with Crippen LogP contribution in [0.15, 0.2) is 6.20 Å². The Bertz CT molecular complexity index is 315. The van der Waals surface area contributed by atoms with Crippen LogP contribution in [0.4, 0.5) is 0 Å². The highest BCUT2D eigenvalue weighted by Gasteiger charge is 2.11. The van der Waals surface area contributed by atoms with Gasteiger partial charge in [-0.1, -0.05) is 23.2 Å². The lowest BCUT2D eigenvalue weighted by atomic mass is 10.3. The van der Waals surface area contributed by atoms with Gasteiger partial charge < -0.3 is 4.74 Å². The maximum absolute atomic E-state index is 10.5. The Balaban J connectivity index is 3.38. The van der Waals surface area contributed by atoms with Crippen LogP contribution in [0, 0.1) is 0 Å². The van der Waals surface area contributed by atoms with Crippen LogP contribution in [-0.2, 0) is 0 Å². The molecule has 0 unspecified atom stereocenters. The quantitative estimate of drug-likeness (QED) is 0.550. The number of nitrogens with zero attached hydrogens (tertiary/aromatic N) is 1. The minimum absolute atomic E-state index is 0.129. The van der Waals surface area contributed by atoms with Gasteiger partial charge in [-0.15, -0.1) is 0 Å². The molecule has 1 heterocycles. The molecule has 0 spiro atoms. The van der Waals surface area contributed by atoms with Crippen LogP contribution < -0.4 is 4.74 Å². The molecule has 0 aliphatic carbocycles. The fourth-order valence-electron chi connectivity index (χ4n) is 0.765. The van der Waals surface area contributed by atoms with Gasteiger partial charge in [0.25, 0.3) is 0 Å². The fraction of sp³-hybridized carbons (Fsp3) is 0.143. The summed E-state index contributed by atoms with van der Waals surface area (Å²) < 4.78 is 4.84. The lowest BCUT2D eigenvalue weighted by molar-refractivity contribution is 0.112. The second-order valence-electron chi connectivity index (χ2n) is 1.96. The molecular weight excluding hydrogens is 201 g/mol. The number of aldehydes is 1. The molecule has 3 nitrogen and oxygen atoms in total. The van der Waals surface area contributed by atoms with E-state index in [0.29, 0.717) is 6.29 Å².